The summed E-state index contributed by atoms with van der Waals surface area (Å²) in [5, 5.41) is 3.38. The van der Waals surface area contributed by atoms with Crippen LogP contribution >= 0.6 is 0 Å². The molecule has 1 unspecified atom stereocenters. The first-order valence-electron chi connectivity index (χ1n) is 14.7. The van der Waals surface area contributed by atoms with Gasteiger partial charge in [-0.15, -0.1) is 0 Å². The molecule has 0 aromatic heterocycles. The highest BCUT2D eigenvalue weighted by Gasteiger charge is 2.29. The maximum atomic E-state index is 6.02. The average molecular weight is 539 g/mol. The first-order valence-corrected chi connectivity index (χ1v) is 14.7. The van der Waals surface area contributed by atoms with Gasteiger partial charge in [0, 0.05) is 36.4 Å². The first kappa shape index (κ1) is 27.6. The highest BCUT2D eigenvalue weighted by atomic mass is 16.5. The van der Waals surface area contributed by atoms with E-state index in [1.54, 1.807) is 0 Å². The molecule has 5 N–H and O–H groups in total. The summed E-state index contributed by atoms with van der Waals surface area (Å²) in [4.78, 5) is 3.80. The number of benzene rings is 2. The number of nitrogens with one attached hydrogen (secondary N) is 2. The molecule has 6 heteroatoms. The molecule has 2 aromatic carbocycles. The van der Waals surface area contributed by atoms with E-state index in [0.29, 0.717) is 6.61 Å². The second-order valence-corrected chi connectivity index (χ2v) is 10.1. The maximum absolute atomic E-state index is 6.02. The summed E-state index contributed by atoms with van der Waals surface area (Å²) in [5.41, 5.74) is 11.3. The molecule has 1 atom stereocenters. The lowest BCUT2D eigenvalue weighted by molar-refractivity contribution is -0.741. The minimum Gasteiger partial charge on any atom is -0.483 e. The van der Waals surface area contributed by atoms with Gasteiger partial charge < -0.3 is 25.4 Å². The van der Waals surface area contributed by atoms with Gasteiger partial charge in [0.25, 0.3) is 0 Å². The highest BCUT2D eigenvalue weighted by molar-refractivity contribution is 5.64. The van der Waals surface area contributed by atoms with E-state index in [2.05, 4.69) is 58.7 Å². The summed E-state index contributed by atoms with van der Waals surface area (Å²) in [6, 6.07) is 15.9. The third kappa shape index (κ3) is 6.41. The lowest BCUT2D eigenvalue weighted by Gasteiger charge is -2.23. The van der Waals surface area contributed by atoms with Crippen molar-refractivity contribution >= 4 is 11.4 Å². The van der Waals surface area contributed by atoms with Crippen LogP contribution in [0.4, 0.5) is 11.4 Å². The van der Waals surface area contributed by atoms with Crippen LogP contribution < -0.4 is 25.4 Å². The summed E-state index contributed by atoms with van der Waals surface area (Å²) in [5.74, 6) is 2.47. The molecule has 0 bridgehead atoms. The number of likely N-dealkylation sites (tertiary alicyclic amines) is 1. The van der Waals surface area contributed by atoms with Crippen LogP contribution in [0.5, 0.6) is 11.5 Å². The first-order chi connectivity index (χ1) is 19.7. The largest absolute Gasteiger partial charge is 0.483 e. The third-order valence-corrected chi connectivity index (χ3v) is 7.46. The molecule has 3 aliphatic heterocycles. The van der Waals surface area contributed by atoms with Gasteiger partial charge in [0.05, 0.1) is 11.4 Å². The maximum Gasteiger partial charge on any atom is 0.198 e. The summed E-state index contributed by atoms with van der Waals surface area (Å²) >= 11 is 0. The molecule has 6 rings (SSSR count). The van der Waals surface area contributed by atoms with Crippen LogP contribution in [0, 0.1) is 0 Å². The highest BCUT2D eigenvalue weighted by Crippen LogP contribution is 2.33. The van der Waals surface area contributed by atoms with Crippen LogP contribution in [-0.4, -0.2) is 24.6 Å². The van der Waals surface area contributed by atoms with Gasteiger partial charge in [-0.2, -0.15) is 0 Å². The number of para-hydroxylation sites is 3. The lowest BCUT2D eigenvalue weighted by atomic mass is 9.90. The molecule has 0 radical (unpaired) electrons. The Bertz CT molecular complexity index is 1350. The Morgan fingerprint density at radius 3 is 2.62 bits per heavy atom. The zero-order chi connectivity index (χ0) is 27.7. The average Bonchev–Trinajstić information content (AvgIpc) is 3.77. The van der Waals surface area contributed by atoms with Crippen molar-refractivity contribution in [1.29, 1.82) is 0 Å². The minimum absolute atomic E-state index is 0.516. The molecule has 6 nitrogen and oxygen atoms in total. The molecule has 208 valence electrons. The quantitative estimate of drug-likeness (QED) is 0.431. The van der Waals surface area contributed by atoms with E-state index in [4.69, 9.17) is 9.47 Å². The van der Waals surface area contributed by atoms with Crippen molar-refractivity contribution < 1.29 is 20.1 Å². The smallest absolute Gasteiger partial charge is 0.198 e. The second-order valence-electron chi connectivity index (χ2n) is 10.1. The molecule has 2 aromatic rings. The monoisotopic (exact) mass is 538 g/mol. The van der Waals surface area contributed by atoms with Gasteiger partial charge in [0.2, 0.25) is 0 Å². The Kier molecular flexibility index (Phi) is 9.22. The zero-order valence-corrected chi connectivity index (χ0v) is 23.8. The van der Waals surface area contributed by atoms with Crippen molar-refractivity contribution in [1.82, 2.24) is 4.90 Å². The van der Waals surface area contributed by atoms with Crippen molar-refractivity contribution in [2.45, 2.75) is 46.0 Å². The molecule has 1 fully saturated rings. The molecule has 3 heterocycles. The van der Waals surface area contributed by atoms with E-state index in [-0.39, 0.29) is 0 Å². The molecule has 0 spiro atoms. The van der Waals surface area contributed by atoms with Crippen LogP contribution in [0.3, 0.4) is 0 Å². The molecule has 4 aliphatic rings. The summed E-state index contributed by atoms with van der Waals surface area (Å²) in [6.07, 6.45) is 21.4. The van der Waals surface area contributed by atoms with Crippen molar-refractivity contribution in [3.63, 3.8) is 0 Å². The van der Waals surface area contributed by atoms with Crippen LogP contribution in [0.25, 0.3) is 0 Å². The van der Waals surface area contributed by atoms with E-state index in [0.717, 1.165) is 61.1 Å². The number of allylic oxidation sites excluding steroid dienone is 6. The van der Waals surface area contributed by atoms with Crippen LogP contribution in [0.2, 0.25) is 0 Å². The van der Waals surface area contributed by atoms with Gasteiger partial charge in [0.1, 0.15) is 24.7 Å². The van der Waals surface area contributed by atoms with E-state index < -0.39 is 0 Å². The van der Waals surface area contributed by atoms with E-state index in [1.807, 2.05) is 62.4 Å². The SMILES string of the molecule is CC.[NH3+]c1ccccc1OC/C=C/C1=C([NH+]2C=CC(N3CCCC3)=C2)C(=C/C=C2/Nc3ccccc3O2)/CCC1. The zero-order valence-electron chi connectivity index (χ0n) is 23.8. The number of hydrogen-bond donors (Lipinski definition) is 3. The summed E-state index contributed by atoms with van der Waals surface area (Å²) < 4.78 is 12.0. The topological polar surface area (TPSA) is 65.8 Å². The fraction of sp³-hybridized carbons (Fsp3) is 0.294. The molecular weight excluding hydrogens is 496 g/mol. The fourth-order valence-corrected chi connectivity index (χ4v) is 5.55. The van der Waals surface area contributed by atoms with Crippen molar-refractivity contribution in [3.8, 4) is 11.5 Å². The number of ether oxygens (including phenoxy) is 2. The van der Waals surface area contributed by atoms with Crippen molar-refractivity contribution in [2.24, 2.45) is 0 Å². The second kappa shape index (κ2) is 13.4. The molecular formula is C34H42N4O2+2. The van der Waals surface area contributed by atoms with Crippen LogP contribution in [-0.2, 0) is 0 Å². The molecule has 1 aliphatic carbocycles. The number of hydrogen-bond acceptors (Lipinski definition) is 4. The number of nitrogens with zero attached hydrogens (tertiary/aromatic N) is 1. The Morgan fingerprint density at radius 2 is 1.80 bits per heavy atom. The van der Waals surface area contributed by atoms with Gasteiger partial charge in [-0.3, -0.25) is 0 Å². The number of quaternary nitrogens is 2. The van der Waals surface area contributed by atoms with Crippen molar-refractivity contribution in [2.75, 3.05) is 25.0 Å². The lowest BCUT2D eigenvalue weighted by Crippen LogP contribution is -3.00. The molecule has 40 heavy (non-hydrogen) atoms. The predicted molar refractivity (Wildman–Crippen MR) is 162 cm³/mol. The summed E-state index contributed by atoms with van der Waals surface area (Å²) in [7, 11) is 0. The van der Waals surface area contributed by atoms with E-state index in [1.165, 1.54) is 40.3 Å². The Morgan fingerprint density at radius 1 is 1.00 bits per heavy atom. The Balaban J connectivity index is 0.00000158. The van der Waals surface area contributed by atoms with Crippen LogP contribution in [0.15, 0.2) is 120 Å². The predicted octanol–water partition coefficient (Wildman–Crippen LogP) is 5.58. The van der Waals surface area contributed by atoms with E-state index in [9.17, 15) is 0 Å². The van der Waals surface area contributed by atoms with Crippen LogP contribution in [0.1, 0.15) is 46.0 Å². The third-order valence-electron chi connectivity index (χ3n) is 7.46. The van der Waals surface area contributed by atoms with Gasteiger partial charge in [-0.05, 0) is 68.5 Å². The Labute approximate surface area is 238 Å². The van der Waals surface area contributed by atoms with E-state index >= 15 is 0 Å². The summed E-state index contributed by atoms with van der Waals surface area (Å²) in [6.45, 7) is 6.82. The van der Waals surface area contributed by atoms with Gasteiger partial charge >= 0.3 is 0 Å². The molecule has 1 saturated heterocycles. The standard InChI is InChI=1S/C32H34N4O2.C2H6/c33-27-12-1-3-14-29(27)37-22-8-11-24-9-7-10-25(16-17-31-34-28-13-2-4-15-30(28)38-31)32(24)36-21-18-26(23-36)35-19-5-6-20-35;1-2/h1-4,8,11-18,21,23,34H,5-7,9-10,19-20,22,33H2;1-2H3/p+2/b11-8+,25-16+,31-17-;. The number of anilines is 1. The van der Waals surface area contributed by atoms with Gasteiger partial charge in [-0.1, -0.05) is 44.2 Å². The minimum atomic E-state index is 0.516. The van der Waals surface area contributed by atoms with Gasteiger partial charge in [0.15, 0.2) is 23.1 Å². The normalized spacial score (nSPS) is 21.8. The molecule has 0 amide bonds. The van der Waals surface area contributed by atoms with Crippen molar-refractivity contribution in [3.05, 3.63) is 120 Å². The van der Waals surface area contributed by atoms with Gasteiger partial charge in [-0.25, -0.2) is 4.90 Å². The number of fused-ring (bicyclic) bond motifs is 1. The molecule has 0 saturated carbocycles. The Hall–Kier alpha value is -4.00. The number of rotatable bonds is 7. The fourth-order valence-electron chi connectivity index (χ4n) is 5.55.